The molecule has 13 heteroatoms. The number of halogens is 1. The zero-order chi connectivity index (χ0) is 26.5. The maximum atomic E-state index is 15.4. The molecule has 0 spiro atoms. The topological polar surface area (TPSA) is 97.5 Å². The maximum absolute atomic E-state index is 15.4. The van der Waals surface area contributed by atoms with Gasteiger partial charge in [0.2, 0.25) is 11.8 Å². The lowest BCUT2D eigenvalue weighted by molar-refractivity contribution is -0.131. The first-order valence-corrected chi connectivity index (χ1v) is 13.7. The zero-order valence-corrected chi connectivity index (χ0v) is 22.7. The van der Waals surface area contributed by atoms with Gasteiger partial charge >= 0.3 is 6.09 Å². The number of nitrogens with one attached hydrogen (secondary N) is 2. The number of hydrogen-bond acceptors (Lipinski definition) is 9. The van der Waals surface area contributed by atoms with Crippen molar-refractivity contribution in [3.63, 3.8) is 0 Å². The third kappa shape index (κ3) is 7.09. The summed E-state index contributed by atoms with van der Waals surface area (Å²) in [5, 5.41) is 5.78. The number of anilines is 2. The summed E-state index contributed by atoms with van der Waals surface area (Å²) in [5.41, 5.74) is 0.808. The molecule has 1 aromatic rings. The Balaban J connectivity index is 1.38. The highest BCUT2D eigenvalue weighted by Crippen LogP contribution is 2.32. The fourth-order valence-corrected chi connectivity index (χ4v) is 6.05. The number of thioether (sulfide) groups is 1. The van der Waals surface area contributed by atoms with Gasteiger partial charge in [-0.15, -0.1) is 0 Å². The van der Waals surface area contributed by atoms with Crippen molar-refractivity contribution in [2.24, 2.45) is 0 Å². The molecule has 2 atom stereocenters. The molecule has 10 nitrogen and oxygen atoms in total. The Morgan fingerprint density at radius 3 is 2.70 bits per heavy atom. The number of rotatable bonds is 7. The second-order valence-electron chi connectivity index (χ2n) is 9.39. The van der Waals surface area contributed by atoms with E-state index in [2.05, 4.69) is 15.5 Å². The van der Waals surface area contributed by atoms with Crippen LogP contribution < -0.4 is 20.4 Å². The van der Waals surface area contributed by atoms with Gasteiger partial charge in [-0.05, 0) is 25.2 Å². The van der Waals surface area contributed by atoms with E-state index in [1.807, 2.05) is 16.8 Å². The Labute approximate surface area is 225 Å². The highest BCUT2D eigenvalue weighted by molar-refractivity contribution is 8.23. The van der Waals surface area contributed by atoms with E-state index in [4.69, 9.17) is 17.0 Å². The van der Waals surface area contributed by atoms with Gasteiger partial charge in [-0.2, -0.15) is 0 Å². The van der Waals surface area contributed by atoms with E-state index in [1.165, 1.54) is 29.7 Å². The summed E-state index contributed by atoms with van der Waals surface area (Å²) in [4.78, 5) is 43.5. The summed E-state index contributed by atoms with van der Waals surface area (Å²) in [6, 6.07) is 4.69. The third-order valence-corrected chi connectivity index (χ3v) is 8.15. The van der Waals surface area contributed by atoms with Crippen LogP contribution in [0.2, 0.25) is 0 Å². The number of amides is 3. The number of piperazine rings is 2. The third-order valence-electron chi connectivity index (χ3n) is 6.62. The van der Waals surface area contributed by atoms with Crippen LogP contribution in [0.1, 0.15) is 13.3 Å². The van der Waals surface area contributed by atoms with Crippen molar-refractivity contribution in [3.05, 3.63) is 24.0 Å². The van der Waals surface area contributed by atoms with Gasteiger partial charge in [-0.25, -0.2) is 9.18 Å². The minimum absolute atomic E-state index is 0.0331. The first-order valence-electron chi connectivity index (χ1n) is 12.4. The molecule has 202 valence electrons. The van der Waals surface area contributed by atoms with Crippen molar-refractivity contribution < 1.29 is 23.5 Å². The monoisotopic (exact) mass is 552 g/mol. The summed E-state index contributed by atoms with van der Waals surface area (Å²) in [6.45, 7) is 6.79. The molecule has 3 heterocycles. The van der Waals surface area contributed by atoms with Crippen LogP contribution in [0.25, 0.3) is 0 Å². The summed E-state index contributed by atoms with van der Waals surface area (Å²) in [6.07, 6.45) is -0.886. The van der Waals surface area contributed by atoms with Crippen LogP contribution in [0, 0.1) is 5.82 Å². The lowest BCUT2D eigenvalue weighted by Gasteiger charge is -2.38. The SMILES string of the molecule is CC(=O)NC[C@H]1CN(c2ccc(N3CCNCC3SC(=S)CC(=O)N3CCN(C)CC3)c(F)c2)C(=O)O1. The molecule has 0 aromatic heterocycles. The minimum atomic E-state index is -0.575. The van der Waals surface area contributed by atoms with Crippen molar-refractivity contribution in [3.8, 4) is 0 Å². The van der Waals surface area contributed by atoms with Crippen molar-refractivity contribution >= 4 is 57.5 Å². The molecule has 1 aromatic carbocycles. The van der Waals surface area contributed by atoms with Crippen molar-refractivity contribution in [2.75, 3.05) is 75.8 Å². The van der Waals surface area contributed by atoms with E-state index in [1.54, 1.807) is 12.1 Å². The van der Waals surface area contributed by atoms with Gasteiger partial charge in [0, 0.05) is 52.7 Å². The van der Waals surface area contributed by atoms with E-state index >= 15 is 4.39 Å². The number of benzene rings is 1. The van der Waals surface area contributed by atoms with Crippen LogP contribution in [-0.2, 0) is 14.3 Å². The van der Waals surface area contributed by atoms with Crippen LogP contribution in [0.3, 0.4) is 0 Å². The first kappa shape index (κ1) is 27.6. The van der Waals surface area contributed by atoms with Crippen molar-refractivity contribution in [1.82, 2.24) is 20.4 Å². The van der Waals surface area contributed by atoms with Crippen LogP contribution in [0.5, 0.6) is 0 Å². The molecule has 3 aliphatic heterocycles. The number of thiocarbonyl (C=S) groups is 1. The molecular formula is C24H33FN6O4S2. The molecule has 0 saturated carbocycles. The molecule has 3 fully saturated rings. The summed E-state index contributed by atoms with van der Waals surface area (Å²) in [7, 11) is 2.04. The fraction of sp³-hybridized carbons (Fsp3) is 0.583. The molecule has 0 bridgehead atoms. The van der Waals surface area contributed by atoms with E-state index in [0.29, 0.717) is 48.3 Å². The normalized spacial score (nSPS) is 22.7. The summed E-state index contributed by atoms with van der Waals surface area (Å²) >= 11 is 6.98. The second-order valence-corrected chi connectivity index (χ2v) is 11.4. The predicted octanol–water partition coefficient (Wildman–Crippen LogP) is 1.25. The van der Waals surface area contributed by atoms with Gasteiger partial charge in [0.25, 0.3) is 0 Å². The largest absolute Gasteiger partial charge is 0.442 e. The van der Waals surface area contributed by atoms with Crippen LogP contribution >= 0.6 is 24.0 Å². The van der Waals surface area contributed by atoms with Crippen LogP contribution in [0.15, 0.2) is 18.2 Å². The fourth-order valence-electron chi connectivity index (χ4n) is 4.54. The van der Waals surface area contributed by atoms with Gasteiger partial charge in [-0.3, -0.25) is 14.5 Å². The molecule has 0 aliphatic carbocycles. The molecule has 2 N–H and O–H groups in total. The van der Waals surface area contributed by atoms with E-state index in [9.17, 15) is 14.4 Å². The highest BCUT2D eigenvalue weighted by atomic mass is 32.2. The van der Waals surface area contributed by atoms with Gasteiger partial charge in [0.05, 0.1) is 40.5 Å². The van der Waals surface area contributed by atoms with Crippen LogP contribution in [0.4, 0.5) is 20.6 Å². The Bertz CT molecular complexity index is 1040. The second kappa shape index (κ2) is 12.4. The Morgan fingerprint density at radius 1 is 1.24 bits per heavy atom. The molecule has 3 saturated heterocycles. The summed E-state index contributed by atoms with van der Waals surface area (Å²) < 4.78 is 21.2. The molecular weight excluding hydrogens is 519 g/mol. The predicted molar refractivity (Wildman–Crippen MR) is 146 cm³/mol. The summed E-state index contributed by atoms with van der Waals surface area (Å²) in [5.74, 6) is -0.634. The van der Waals surface area contributed by atoms with Crippen molar-refractivity contribution in [1.29, 1.82) is 0 Å². The molecule has 3 amide bonds. The van der Waals surface area contributed by atoms with Gasteiger partial charge < -0.3 is 30.1 Å². The molecule has 3 aliphatic rings. The number of ether oxygens (including phenoxy) is 1. The van der Waals surface area contributed by atoms with Gasteiger partial charge in [0.15, 0.2) is 0 Å². The average Bonchev–Trinajstić information content (AvgIpc) is 3.24. The standard InChI is InChI=1S/C24H33FN6O4S2/c1-16(32)27-13-18-15-31(24(34)35-18)17-3-4-20(19(25)11-17)30-6-5-26-14-22(30)37-23(36)12-21(33)29-9-7-28(2)8-10-29/h3-4,11,18,22,26H,5-10,12-15H2,1-2H3,(H,27,32)/t18-,22?/m0/s1. The lowest BCUT2D eigenvalue weighted by Crippen LogP contribution is -2.51. The quantitative estimate of drug-likeness (QED) is 0.485. The molecule has 0 radical (unpaired) electrons. The average molecular weight is 553 g/mol. The number of likely N-dealkylation sites (N-methyl/N-ethyl adjacent to an activating group) is 1. The van der Waals surface area contributed by atoms with E-state index < -0.39 is 18.0 Å². The Kier molecular flexibility index (Phi) is 9.22. The lowest BCUT2D eigenvalue weighted by atomic mass is 10.2. The van der Waals surface area contributed by atoms with Crippen LogP contribution in [-0.4, -0.2) is 109 Å². The van der Waals surface area contributed by atoms with E-state index in [0.717, 1.165) is 13.1 Å². The van der Waals surface area contributed by atoms with Gasteiger partial charge in [0.1, 0.15) is 11.9 Å². The van der Waals surface area contributed by atoms with E-state index in [-0.39, 0.29) is 36.7 Å². The van der Waals surface area contributed by atoms with Crippen molar-refractivity contribution in [2.45, 2.75) is 24.8 Å². The minimum Gasteiger partial charge on any atom is -0.442 e. The van der Waals surface area contributed by atoms with Gasteiger partial charge in [-0.1, -0.05) is 24.0 Å². The number of carbonyl (C=O) groups excluding carboxylic acids is 3. The number of hydrogen-bond donors (Lipinski definition) is 2. The zero-order valence-electron chi connectivity index (χ0n) is 21.1. The smallest absolute Gasteiger partial charge is 0.414 e. The number of nitrogens with zero attached hydrogens (tertiary/aromatic N) is 4. The number of carbonyl (C=O) groups is 3. The molecule has 4 rings (SSSR count). The Morgan fingerprint density at radius 2 is 2.00 bits per heavy atom. The maximum Gasteiger partial charge on any atom is 0.414 e. The Hall–Kier alpha value is -2.48. The highest BCUT2D eigenvalue weighted by Gasteiger charge is 2.34. The first-order chi connectivity index (χ1) is 17.7. The molecule has 1 unspecified atom stereocenters. The molecule has 37 heavy (non-hydrogen) atoms. The number of cyclic esters (lactones) is 1.